The van der Waals surface area contributed by atoms with E-state index in [1.165, 1.54) is 36.1 Å². The normalized spacial score (nSPS) is 17.7. The van der Waals surface area contributed by atoms with Gasteiger partial charge in [0.05, 0.1) is 5.75 Å². The zero-order valence-electron chi connectivity index (χ0n) is 14.4. The standard InChI is InChI=1S/C18H23N3OS2/c1-9-10(2)24-18-15(9)17(19-11(3)20-18)23-8-14(22)21-16(12-4-5-12)13-6-7-13/h12-13,16H,4-8H2,1-3H3,(H,21,22). The lowest BCUT2D eigenvalue weighted by atomic mass is 10.1. The predicted molar refractivity (Wildman–Crippen MR) is 99.7 cm³/mol. The van der Waals surface area contributed by atoms with Gasteiger partial charge in [-0.3, -0.25) is 4.79 Å². The third kappa shape index (κ3) is 3.31. The highest BCUT2D eigenvalue weighted by molar-refractivity contribution is 8.00. The van der Waals surface area contributed by atoms with Crippen LogP contribution in [0.5, 0.6) is 0 Å². The van der Waals surface area contributed by atoms with Gasteiger partial charge < -0.3 is 5.32 Å². The summed E-state index contributed by atoms with van der Waals surface area (Å²) in [5.41, 5.74) is 1.24. The van der Waals surface area contributed by atoms with Crippen molar-refractivity contribution in [2.45, 2.75) is 57.5 Å². The third-order valence-electron chi connectivity index (χ3n) is 5.03. The van der Waals surface area contributed by atoms with Gasteiger partial charge in [0.2, 0.25) is 5.91 Å². The van der Waals surface area contributed by atoms with E-state index in [1.807, 2.05) is 6.92 Å². The zero-order valence-corrected chi connectivity index (χ0v) is 16.0. The molecule has 2 fully saturated rings. The second kappa shape index (κ2) is 6.30. The Labute approximate surface area is 150 Å². The van der Waals surface area contributed by atoms with Crippen LogP contribution < -0.4 is 5.32 Å². The first-order valence-electron chi connectivity index (χ1n) is 8.69. The van der Waals surface area contributed by atoms with Gasteiger partial charge in [0.25, 0.3) is 0 Å². The third-order valence-corrected chi connectivity index (χ3v) is 7.11. The topological polar surface area (TPSA) is 54.9 Å². The summed E-state index contributed by atoms with van der Waals surface area (Å²) in [7, 11) is 0. The van der Waals surface area contributed by atoms with Crippen LogP contribution >= 0.6 is 23.1 Å². The van der Waals surface area contributed by atoms with Crippen LogP contribution in [-0.2, 0) is 4.79 Å². The summed E-state index contributed by atoms with van der Waals surface area (Å²) in [5, 5.41) is 5.37. The molecule has 2 aromatic rings. The molecule has 2 aliphatic rings. The fourth-order valence-electron chi connectivity index (χ4n) is 3.31. The number of carbonyl (C=O) groups excluding carboxylic acids is 1. The van der Waals surface area contributed by atoms with E-state index in [9.17, 15) is 4.79 Å². The summed E-state index contributed by atoms with van der Waals surface area (Å²) < 4.78 is 0. The Balaban J connectivity index is 1.47. The fourth-order valence-corrected chi connectivity index (χ4v) is 5.39. The Morgan fingerprint density at radius 2 is 1.88 bits per heavy atom. The van der Waals surface area contributed by atoms with Gasteiger partial charge in [0.1, 0.15) is 15.7 Å². The molecule has 0 bridgehead atoms. The molecule has 1 N–H and O–H groups in total. The number of hydrogen-bond donors (Lipinski definition) is 1. The van der Waals surface area contributed by atoms with Crippen LogP contribution in [0.3, 0.4) is 0 Å². The van der Waals surface area contributed by atoms with Crippen LogP contribution in [0.1, 0.15) is 41.9 Å². The second-order valence-corrected chi connectivity index (χ2v) is 9.26. The van der Waals surface area contributed by atoms with E-state index in [4.69, 9.17) is 0 Å². The lowest BCUT2D eigenvalue weighted by molar-refractivity contribution is -0.119. The van der Waals surface area contributed by atoms with Crippen molar-refractivity contribution in [3.8, 4) is 0 Å². The number of aromatic nitrogens is 2. The first-order chi connectivity index (χ1) is 11.5. The molecular weight excluding hydrogens is 338 g/mol. The fraction of sp³-hybridized carbons (Fsp3) is 0.611. The SMILES string of the molecule is Cc1nc(SCC(=O)NC(C2CC2)C2CC2)c2c(C)c(C)sc2n1. The Morgan fingerprint density at radius 3 is 2.50 bits per heavy atom. The van der Waals surface area contributed by atoms with Gasteiger partial charge in [-0.2, -0.15) is 0 Å². The molecule has 2 saturated carbocycles. The summed E-state index contributed by atoms with van der Waals surface area (Å²) in [6.45, 7) is 6.16. The highest BCUT2D eigenvalue weighted by Gasteiger charge is 2.42. The number of rotatable bonds is 6. The van der Waals surface area contributed by atoms with Crippen molar-refractivity contribution in [2.24, 2.45) is 11.8 Å². The lowest BCUT2D eigenvalue weighted by Crippen LogP contribution is -2.39. The lowest BCUT2D eigenvalue weighted by Gasteiger charge is -2.17. The molecule has 2 aliphatic carbocycles. The molecule has 0 aromatic carbocycles. The van der Waals surface area contributed by atoms with Crippen molar-refractivity contribution in [3.63, 3.8) is 0 Å². The van der Waals surface area contributed by atoms with Crippen LogP contribution in [0.2, 0.25) is 0 Å². The number of fused-ring (bicyclic) bond motifs is 1. The molecule has 24 heavy (non-hydrogen) atoms. The predicted octanol–water partition coefficient (Wildman–Crippen LogP) is 4.01. The number of thioether (sulfide) groups is 1. The zero-order chi connectivity index (χ0) is 16.8. The molecule has 0 radical (unpaired) electrons. The van der Waals surface area contributed by atoms with Crippen molar-refractivity contribution in [1.82, 2.24) is 15.3 Å². The molecule has 0 atom stereocenters. The highest BCUT2D eigenvalue weighted by Crippen LogP contribution is 2.44. The summed E-state index contributed by atoms with van der Waals surface area (Å²) >= 11 is 3.26. The molecule has 128 valence electrons. The Morgan fingerprint density at radius 1 is 1.21 bits per heavy atom. The molecule has 0 saturated heterocycles. The van der Waals surface area contributed by atoms with Crippen LogP contribution in [0.4, 0.5) is 0 Å². The molecule has 0 spiro atoms. The van der Waals surface area contributed by atoms with Crippen molar-refractivity contribution in [3.05, 3.63) is 16.3 Å². The van der Waals surface area contributed by atoms with Gasteiger partial charge in [0.15, 0.2) is 0 Å². The minimum absolute atomic E-state index is 0.151. The van der Waals surface area contributed by atoms with Crippen LogP contribution in [-0.4, -0.2) is 27.7 Å². The molecule has 2 aromatic heterocycles. The van der Waals surface area contributed by atoms with Gasteiger partial charge in [-0.1, -0.05) is 11.8 Å². The first-order valence-corrected chi connectivity index (χ1v) is 10.5. The Kier molecular flexibility index (Phi) is 4.29. The summed E-state index contributed by atoms with van der Waals surface area (Å²) in [6, 6.07) is 0.426. The summed E-state index contributed by atoms with van der Waals surface area (Å²) in [4.78, 5) is 23.9. The highest BCUT2D eigenvalue weighted by atomic mass is 32.2. The van der Waals surface area contributed by atoms with E-state index in [0.29, 0.717) is 11.8 Å². The number of amides is 1. The maximum Gasteiger partial charge on any atom is 0.230 e. The monoisotopic (exact) mass is 361 g/mol. The molecule has 4 rings (SSSR count). The molecule has 0 unspecified atom stereocenters. The Bertz CT molecular complexity index is 781. The molecule has 0 aliphatic heterocycles. The summed E-state index contributed by atoms with van der Waals surface area (Å²) in [6.07, 6.45) is 5.14. The number of aryl methyl sites for hydroxylation is 3. The van der Waals surface area contributed by atoms with Crippen molar-refractivity contribution in [2.75, 3.05) is 5.75 Å². The van der Waals surface area contributed by atoms with Crippen LogP contribution in [0.15, 0.2) is 5.03 Å². The van der Waals surface area contributed by atoms with E-state index in [2.05, 4.69) is 29.1 Å². The molecule has 2 heterocycles. The minimum Gasteiger partial charge on any atom is -0.352 e. The quantitative estimate of drug-likeness (QED) is 0.624. The van der Waals surface area contributed by atoms with Crippen molar-refractivity contribution in [1.29, 1.82) is 0 Å². The smallest absolute Gasteiger partial charge is 0.230 e. The summed E-state index contributed by atoms with van der Waals surface area (Å²) in [5.74, 6) is 2.84. The average Bonchev–Trinajstić information content (AvgIpc) is 3.43. The Hall–Kier alpha value is -1.14. The number of nitrogens with zero attached hydrogens (tertiary/aromatic N) is 2. The molecular formula is C18H23N3OS2. The van der Waals surface area contributed by atoms with E-state index in [0.717, 1.165) is 32.9 Å². The van der Waals surface area contributed by atoms with E-state index < -0.39 is 0 Å². The van der Waals surface area contributed by atoms with Gasteiger partial charge in [0, 0.05) is 16.3 Å². The number of carbonyl (C=O) groups is 1. The largest absolute Gasteiger partial charge is 0.352 e. The minimum atomic E-state index is 0.151. The second-order valence-electron chi connectivity index (χ2n) is 7.10. The van der Waals surface area contributed by atoms with Gasteiger partial charge in [-0.25, -0.2) is 9.97 Å². The van der Waals surface area contributed by atoms with Crippen LogP contribution in [0, 0.1) is 32.6 Å². The average molecular weight is 362 g/mol. The van der Waals surface area contributed by atoms with Gasteiger partial charge in [-0.15, -0.1) is 11.3 Å². The van der Waals surface area contributed by atoms with Crippen LogP contribution in [0.25, 0.3) is 10.2 Å². The number of hydrogen-bond acceptors (Lipinski definition) is 5. The molecule has 1 amide bonds. The van der Waals surface area contributed by atoms with E-state index in [-0.39, 0.29) is 5.91 Å². The maximum atomic E-state index is 12.4. The van der Waals surface area contributed by atoms with Crippen molar-refractivity contribution < 1.29 is 4.79 Å². The van der Waals surface area contributed by atoms with E-state index in [1.54, 1.807) is 23.1 Å². The number of nitrogens with one attached hydrogen (secondary N) is 1. The maximum absolute atomic E-state index is 12.4. The van der Waals surface area contributed by atoms with Gasteiger partial charge in [-0.05, 0) is 63.9 Å². The van der Waals surface area contributed by atoms with Crippen molar-refractivity contribution >= 4 is 39.2 Å². The van der Waals surface area contributed by atoms with E-state index >= 15 is 0 Å². The molecule has 6 heteroatoms. The first kappa shape index (κ1) is 16.3. The van der Waals surface area contributed by atoms with Gasteiger partial charge >= 0.3 is 0 Å². The molecule has 4 nitrogen and oxygen atoms in total. The number of thiophene rings is 1.